The fourth-order valence-corrected chi connectivity index (χ4v) is 5.12. The van der Waals surface area contributed by atoms with E-state index < -0.39 is 11.4 Å². The molecule has 0 heterocycles. The molecule has 0 radical (unpaired) electrons. The molecule has 1 unspecified atom stereocenters. The van der Waals surface area contributed by atoms with Gasteiger partial charge in [-0.2, -0.15) is 9.78 Å². The second-order valence-corrected chi connectivity index (χ2v) is 13.1. The third kappa shape index (κ3) is 11.6. The molecule has 1 atom stereocenters. The highest BCUT2D eigenvalue weighted by Crippen LogP contribution is 2.47. The predicted molar refractivity (Wildman–Crippen MR) is 145 cm³/mol. The Hall–Kier alpha value is -1.02. The van der Waals surface area contributed by atoms with Gasteiger partial charge in [-0.05, 0) is 77.7 Å². The summed E-state index contributed by atoms with van der Waals surface area (Å²) in [6.45, 7) is 22.9. The van der Waals surface area contributed by atoms with Crippen molar-refractivity contribution in [3.8, 4) is 0 Å². The third-order valence-electron chi connectivity index (χ3n) is 6.55. The van der Waals surface area contributed by atoms with E-state index in [1.54, 1.807) is 0 Å². The second kappa shape index (κ2) is 13.7. The summed E-state index contributed by atoms with van der Waals surface area (Å²) in [5.41, 5.74) is -0.207. The van der Waals surface area contributed by atoms with Crippen LogP contribution in [0.1, 0.15) is 127 Å². The molecule has 0 aliphatic heterocycles. The summed E-state index contributed by atoms with van der Waals surface area (Å²) >= 11 is 0. The zero-order chi connectivity index (χ0) is 27.7. The Morgan fingerprint density at radius 1 is 0.833 bits per heavy atom. The quantitative estimate of drug-likeness (QED) is 0.172. The van der Waals surface area contributed by atoms with Gasteiger partial charge in [0, 0.05) is 12.8 Å². The maximum absolute atomic E-state index is 8.55. The molecular weight excluding hydrogens is 456 g/mol. The molecular formula is C30H54O6. The van der Waals surface area contributed by atoms with Crippen LogP contribution < -0.4 is 0 Å². The summed E-state index contributed by atoms with van der Waals surface area (Å²) < 4.78 is 0. The summed E-state index contributed by atoms with van der Waals surface area (Å²) in [6, 6.07) is 9.58. The molecule has 6 heteroatoms. The zero-order valence-corrected chi connectivity index (χ0v) is 24.9. The van der Waals surface area contributed by atoms with Crippen LogP contribution in [-0.2, 0) is 30.0 Å². The molecule has 2 rings (SSSR count). The molecule has 1 aliphatic rings. The van der Waals surface area contributed by atoms with Crippen LogP contribution in [-0.4, -0.2) is 22.2 Å². The zero-order valence-electron chi connectivity index (χ0n) is 24.9. The lowest BCUT2D eigenvalue weighted by molar-refractivity contribution is -0.553. The van der Waals surface area contributed by atoms with Crippen LogP contribution in [0.25, 0.3) is 0 Å². The van der Waals surface area contributed by atoms with Gasteiger partial charge in [0.1, 0.15) is 5.60 Å². The van der Waals surface area contributed by atoms with Gasteiger partial charge in [0.25, 0.3) is 0 Å². The van der Waals surface area contributed by atoms with Crippen LogP contribution in [0.15, 0.2) is 30.3 Å². The van der Waals surface area contributed by atoms with E-state index in [2.05, 4.69) is 67.2 Å². The van der Waals surface area contributed by atoms with Crippen molar-refractivity contribution in [3.63, 3.8) is 0 Å². The monoisotopic (exact) mass is 510 g/mol. The first-order valence-corrected chi connectivity index (χ1v) is 13.6. The molecule has 1 N–H and O–H groups in total. The summed E-state index contributed by atoms with van der Waals surface area (Å²) in [5, 5.41) is 8.55. The Balaban J connectivity index is 0.000000488. The van der Waals surface area contributed by atoms with E-state index in [9.17, 15) is 0 Å². The highest BCUT2D eigenvalue weighted by molar-refractivity contribution is 5.20. The fourth-order valence-electron chi connectivity index (χ4n) is 5.12. The van der Waals surface area contributed by atoms with Gasteiger partial charge in [-0.3, -0.25) is 5.26 Å². The normalized spacial score (nSPS) is 19.9. The topological polar surface area (TPSA) is 66.4 Å². The first-order valence-electron chi connectivity index (χ1n) is 13.6. The highest BCUT2D eigenvalue weighted by atomic mass is 17.3. The summed E-state index contributed by atoms with van der Waals surface area (Å²) in [7, 11) is 0. The molecule has 0 saturated heterocycles. The molecule has 0 spiro atoms. The molecule has 0 amide bonds. The van der Waals surface area contributed by atoms with E-state index in [-0.39, 0.29) is 16.6 Å². The molecule has 0 aromatic heterocycles. The van der Waals surface area contributed by atoms with E-state index in [1.165, 1.54) is 0 Å². The summed E-state index contributed by atoms with van der Waals surface area (Å²) in [6.07, 6.45) is 6.65. The Morgan fingerprint density at radius 2 is 1.31 bits per heavy atom. The van der Waals surface area contributed by atoms with Gasteiger partial charge in [-0.25, -0.2) is 14.7 Å². The van der Waals surface area contributed by atoms with Crippen molar-refractivity contribution in [2.75, 3.05) is 0 Å². The van der Waals surface area contributed by atoms with Crippen molar-refractivity contribution in [1.82, 2.24) is 0 Å². The van der Waals surface area contributed by atoms with Crippen molar-refractivity contribution < 1.29 is 29.7 Å². The molecule has 6 nitrogen and oxygen atoms in total. The Labute approximate surface area is 220 Å². The number of hydrogen-bond acceptors (Lipinski definition) is 6. The smallest absolute Gasteiger partial charge is 0.234 e. The van der Waals surface area contributed by atoms with Crippen molar-refractivity contribution in [1.29, 1.82) is 0 Å². The average molecular weight is 511 g/mol. The molecule has 36 heavy (non-hydrogen) atoms. The van der Waals surface area contributed by atoms with Gasteiger partial charge in [0.05, 0.1) is 11.2 Å². The lowest BCUT2D eigenvalue weighted by Crippen LogP contribution is -2.49. The number of hydrogen-bond donors (Lipinski definition) is 1. The Kier molecular flexibility index (Phi) is 12.5. The fraction of sp³-hybridized carbons (Fsp3) is 0.800. The average Bonchev–Trinajstić information content (AvgIpc) is 2.76. The molecule has 1 aliphatic carbocycles. The lowest BCUT2D eigenvalue weighted by atomic mass is 9.70. The van der Waals surface area contributed by atoms with Crippen LogP contribution in [0.2, 0.25) is 0 Å². The molecule has 0 bridgehead atoms. The van der Waals surface area contributed by atoms with E-state index in [0.717, 1.165) is 50.5 Å². The maximum atomic E-state index is 8.55. The first kappa shape index (κ1) is 33.0. The van der Waals surface area contributed by atoms with E-state index >= 15 is 0 Å². The maximum Gasteiger partial charge on any atom is 0.234 e. The van der Waals surface area contributed by atoms with Crippen LogP contribution in [0.3, 0.4) is 0 Å². The SMILES string of the molecule is CC(C)(OO)c1ccccc1.CCCC(C)(C)OOC1(OOC(C)(C)CCC)CC(C)CC(C)(C)C1. The third-order valence-corrected chi connectivity index (χ3v) is 6.55. The van der Waals surface area contributed by atoms with E-state index in [4.69, 9.17) is 24.8 Å². The van der Waals surface area contributed by atoms with Gasteiger partial charge >= 0.3 is 0 Å². The van der Waals surface area contributed by atoms with Gasteiger partial charge in [0.15, 0.2) is 0 Å². The minimum atomic E-state index is -0.850. The molecule has 1 aromatic rings. The van der Waals surface area contributed by atoms with Crippen LogP contribution in [0.4, 0.5) is 0 Å². The minimum Gasteiger partial charge on any atom is -0.251 e. The molecule has 1 saturated carbocycles. The van der Waals surface area contributed by atoms with Crippen LogP contribution in [0.5, 0.6) is 0 Å². The van der Waals surface area contributed by atoms with Crippen molar-refractivity contribution in [3.05, 3.63) is 35.9 Å². The lowest BCUT2D eigenvalue weighted by Gasteiger charge is -2.46. The molecule has 210 valence electrons. The predicted octanol–water partition coefficient (Wildman–Crippen LogP) is 8.99. The van der Waals surface area contributed by atoms with E-state index in [0.29, 0.717) is 5.92 Å². The molecule has 1 aromatic carbocycles. The standard InChI is InChI=1S/C21H42O4.C9H12O2/c1-10-12-19(6,7)22-24-21(25-23-20(8,9)13-11-2)15-17(3)14-18(4,5)16-21;1-9(2,11-10)8-6-4-3-5-7-8/h17H,10-16H2,1-9H3;3-7,10H,1-2H3. The second-order valence-electron chi connectivity index (χ2n) is 13.1. The van der Waals surface area contributed by atoms with Crippen molar-refractivity contribution in [2.24, 2.45) is 11.3 Å². The minimum absolute atomic E-state index is 0.119. The van der Waals surface area contributed by atoms with E-state index in [1.807, 2.05) is 44.2 Å². The van der Waals surface area contributed by atoms with Gasteiger partial charge in [-0.1, -0.05) is 77.8 Å². The van der Waals surface area contributed by atoms with Gasteiger partial charge < -0.3 is 0 Å². The Morgan fingerprint density at radius 3 is 1.69 bits per heavy atom. The largest absolute Gasteiger partial charge is 0.251 e. The summed E-state index contributed by atoms with van der Waals surface area (Å²) in [4.78, 5) is 28.1. The highest BCUT2D eigenvalue weighted by Gasteiger charge is 2.49. The Bertz CT molecular complexity index is 719. The van der Waals surface area contributed by atoms with Crippen molar-refractivity contribution >= 4 is 0 Å². The summed E-state index contributed by atoms with van der Waals surface area (Å²) in [5.74, 6) is -0.364. The van der Waals surface area contributed by atoms with Crippen LogP contribution in [0, 0.1) is 11.3 Å². The van der Waals surface area contributed by atoms with Gasteiger partial charge in [0.2, 0.25) is 5.79 Å². The first-order chi connectivity index (χ1) is 16.5. The van der Waals surface area contributed by atoms with Crippen LogP contribution >= 0.6 is 0 Å². The van der Waals surface area contributed by atoms with Crippen molar-refractivity contribution in [2.45, 2.75) is 144 Å². The molecule has 1 fully saturated rings. The number of rotatable bonds is 12. The van der Waals surface area contributed by atoms with Gasteiger partial charge in [-0.15, -0.1) is 0 Å². The number of benzene rings is 1.